The van der Waals surface area contributed by atoms with Crippen molar-refractivity contribution in [3.8, 4) is 11.5 Å². The molecule has 0 spiro atoms. The van der Waals surface area contributed by atoms with E-state index in [0.29, 0.717) is 13.2 Å². The van der Waals surface area contributed by atoms with Crippen molar-refractivity contribution in [3.05, 3.63) is 24.3 Å². The van der Waals surface area contributed by atoms with Crippen LogP contribution in [0.1, 0.15) is 0 Å². The molecule has 0 aromatic heterocycles. The molecule has 0 unspecified atom stereocenters. The van der Waals surface area contributed by atoms with Gasteiger partial charge < -0.3 is 19.7 Å². The van der Waals surface area contributed by atoms with Crippen LogP contribution >= 0.6 is 11.8 Å². The van der Waals surface area contributed by atoms with Crippen LogP contribution in [0.5, 0.6) is 11.5 Å². The lowest BCUT2D eigenvalue weighted by Crippen LogP contribution is -2.48. The average Bonchev–Trinajstić information content (AvgIpc) is 2.53. The first-order valence-corrected chi connectivity index (χ1v) is 7.97. The second kappa shape index (κ2) is 6.26. The molecular weight excluding hydrogens is 276 g/mol. The van der Waals surface area contributed by atoms with Crippen LogP contribution in [-0.4, -0.2) is 54.8 Å². The smallest absolute Gasteiger partial charge is 0.317 e. The summed E-state index contributed by atoms with van der Waals surface area (Å²) in [6.07, 6.45) is -0.131. The molecule has 108 valence electrons. The van der Waals surface area contributed by atoms with Gasteiger partial charge in [0.1, 0.15) is 6.61 Å². The van der Waals surface area contributed by atoms with Crippen molar-refractivity contribution in [2.24, 2.45) is 0 Å². The number of amides is 2. The summed E-state index contributed by atoms with van der Waals surface area (Å²) in [5, 5.41) is 2.93. The van der Waals surface area contributed by atoms with Gasteiger partial charge in [0, 0.05) is 24.6 Å². The second-order valence-electron chi connectivity index (χ2n) is 4.78. The Bertz CT molecular complexity index is 477. The van der Waals surface area contributed by atoms with E-state index in [1.807, 2.05) is 40.9 Å². The zero-order valence-electron chi connectivity index (χ0n) is 11.2. The molecule has 1 aromatic rings. The van der Waals surface area contributed by atoms with Crippen LogP contribution in [0.4, 0.5) is 4.79 Å². The van der Waals surface area contributed by atoms with Gasteiger partial charge in [-0.3, -0.25) is 0 Å². The zero-order valence-corrected chi connectivity index (χ0v) is 12.0. The standard InChI is InChI=1S/C14H18N2O3S/c17-14(16-5-7-20-8-6-16)15-9-11-10-18-12-3-1-2-4-13(12)19-11/h1-4,11H,5-10H2,(H,15,17)/t11-/m1/s1. The molecule has 0 radical (unpaired) electrons. The number of carbonyl (C=O) groups excluding carboxylic acids is 1. The van der Waals surface area contributed by atoms with Crippen molar-refractivity contribution >= 4 is 17.8 Å². The molecule has 1 aromatic carbocycles. The van der Waals surface area contributed by atoms with Gasteiger partial charge in [0.25, 0.3) is 0 Å². The Balaban J connectivity index is 1.49. The number of nitrogens with zero attached hydrogens (tertiary/aromatic N) is 1. The Morgan fingerprint density at radius 1 is 1.30 bits per heavy atom. The normalized spacial score (nSPS) is 21.4. The molecule has 2 amide bonds. The van der Waals surface area contributed by atoms with Crippen molar-refractivity contribution in [2.75, 3.05) is 37.7 Å². The Hall–Kier alpha value is -1.56. The van der Waals surface area contributed by atoms with E-state index in [-0.39, 0.29) is 12.1 Å². The summed E-state index contributed by atoms with van der Waals surface area (Å²) in [7, 11) is 0. The predicted octanol–water partition coefficient (Wildman–Crippen LogP) is 1.58. The van der Waals surface area contributed by atoms with Gasteiger partial charge in [-0.15, -0.1) is 0 Å². The fraction of sp³-hybridized carbons (Fsp3) is 0.500. The van der Waals surface area contributed by atoms with E-state index < -0.39 is 0 Å². The molecular formula is C14H18N2O3S. The third-order valence-electron chi connectivity index (χ3n) is 3.35. The molecule has 1 saturated heterocycles. The van der Waals surface area contributed by atoms with Gasteiger partial charge >= 0.3 is 6.03 Å². The van der Waals surface area contributed by atoms with E-state index >= 15 is 0 Å². The summed E-state index contributed by atoms with van der Waals surface area (Å²) in [5.41, 5.74) is 0. The van der Waals surface area contributed by atoms with Gasteiger partial charge in [0.05, 0.1) is 6.54 Å². The molecule has 2 aliphatic rings. The van der Waals surface area contributed by atoms with Crippen LogP contribution in [0.2, 0.25) is 0 Å². The number of hydrogen-bond acceptors (Lipinski definition) is 4. The summed E-state index contributed by atoms with van der Waals surface area (Å²) in [6, 6.07) is 7.58. The third kappa shape index (κ3) is 3.12. The lowest BCUT2D eigenvalue weighted by Gasteiger charge is -2.29. The number of fused-ring (bicyclic) bond motifs is 1. The van der Waals surface area contributed by atoms with Gasteiger partial charge in [-0.2, -0.15) is 11.8 Å². The monoisotopic (exact) mass is 294 g/mol. The molecule has 5 nitrogen and oxygen atoms in total. The SMILES string of the molecule is O=C(NC[C@@H]1COc2ccccc2O1)N1CCSCC1. The number of nitrogens with one attached hydrogen (secondary N) is 1. The lowest BCUT2D eigenvalue weighted by atomic mass is 10.2. The molecule has 20 heavy (non-hydrogen) atoms. The highest BCUT2D eigenvalue weighted by molar-refractivity contribution is 7.99. The van der Waals surface area contributed by atoms with Crippen LogP contribution < -0.4 is 14.8 Å². The summed E-state index contributed by atoms with van der Waals surface area (Å²) >= 11 is 1.89. The Morgan fingerprint density at radius 2 is 2.05 bits per heavy atom. The summed E-state index contributed by atoms with van der Waals surface area (Å²) in [5.74, 6) is 3.55. The van der Waals surface area contributed by atoms with Crippen molar-refractivity contribution in [1.29, 1.82) is 0 Å². The number of ether oxygens (including phenoxy) is 2. The Labute approximate surface area is 122 Å². The van der Waals surface area contributed by atoms with Gasteiger partial charge in [-0.1, -0.05) is 12.1 Å². The van der Waals surface area contributed by atoms with Gasteiger partial charge in [0.15, 0.2) is 17.6 Å². The van der Waals surface area contributed by atoms with Crippen LogP contribution in [0, 0.1) is 0 Å². The zero-order chi connectivity index (χ0) is 13.8. The number of para-hydroxylation sites is 2. The molecule has 0 aliphatic carbocycles. The first-order valence-electron chi connectivity index (χ1n) is 6.82. The number of hydrogen-bond donors (Lipinski definition) is 1. The number of carbonyl (C=O) groups is 1. The molecule has 1 atom stereocenters. The van der Waals surface area contributed by atoms with Crippen LogP contribution in [0.15, 0.2) is 24.3 Å². The maximum absolute atomic E-state index is 12.0. The maximum Gasteiger partial charge on any atom is 0.317 e. The first kappa shape index (κ1) is 13.4. The van der Waals surface area contributed by atoms with Crippen molar-refractivity contribution in [1.82, 2.24) is 10.2 Å². The van der Waals surface area contributed by atoms with Gasteiger partial charge in [-0.05, 0) is 12.1 Å². The quantitative estimate of drug-likeness (QED) is 0.900. The highest BCUT2D eigenvalue weighted by Crippen LogP contribution is 2.30. The predicted molar refractivity (Wildman–Crippen MR) is 78.6 cm³/mol. The highest BCUT2D eigenvalue weighted by atomic mass is 32.2. The van der Waals surface area contributed by atoms with Crippen molar-refractivity contribution in [2.45, 2.75) is 6.10 Å². The highest BCUT2D eigenvalue weighted by Gasteiger charge is 2.22. The van der Waals surface area contributed by atoms with Gasteiger partial charge in [0.2, 0.25) is 0 Å². The summed E-state index contributed by atoms with van der Waals surface area (Å²) < 4.78 is 11.4. The van der Waals surface area contributed by atoms with E-state index in [1.165, 1.54) is 0 Å². The molecule has 2 aliphatic heterocycles. The summed E-state index contributed by atoms with van der Waals surface area (Å²) in [6.45, 7) is 2.58. The van der Waals surface area contributed by atoms with E-state index in [1.54, 1.807) is 0 Å². The van der Waals surface area contributed by atoms with E-state index in [0.717, 1.165) is 36.1 Å². The molecule has 0 bridgehead atoms. The van der Waals surface area contributed by atoms with Crippen molar-refractivity contribution in [3.63, 3.8) is 0 Å². The van der Waals surface area contributed by atoms with Crippen LogP contribution in [0.3, 0.4) is 0 Å². The number of benzene rings is 1. The molecule has 0 saturated carbocycles. The van der Waals surface area contributed by atoms with Crippen LogP contribution in [0.25, 0.3) is 0 Å². The summed E-state index contributed by atoms with van der Waals surface area (Å²) in [4.78, 5) is 13.9. The number of rotatable bonds is 2. The van der Waals surface area contributed by atoms with Crippen LogP contribution in [-0.2, 0) is 0 Å². The van der Waals surface area contributed by atoms with E-state index in [4.69, 9.17) is 9.47 Å². The van der Waals surface area contributed by atoms with E-state index in [9.17, 15) is 4.79 Å². The number of thioether (sulfide) groups is 1. The number of urea groups is 1. The molecule has 3 rings (SSSR count). The Kier molecular flexibility index (Phi) is 4.20. The molecule has 1 fully saturated rings. The molecule has 6 heteroatoms. The minimum atomic E-state index is -0.131. The molecule has 1 N–H and O–H groups in total. The first-order chi connectivity index (χ1) is 9.83. The second-order valence-corrected chi connectivity index (χ2v) is 6.01. The average molecular weight is 294 g/mol. The van der Waals surface area contributed by atoms with Gasteiger partial charge in [-0.25, -0.2) is 4.79 Å². The minimum absolute atomic E-state index is 0.00670. The molecule has 2 heterocycles. The van der Waals surface area contributed by atoms with Crippen molar-refractivity contribution < 1.29 is 14.3 Å². The maximum atomic E-state index is 12.0. The fourth-order valence-electron chi connectivity index (χ4n) is 2.24. The minimum Gasteiger partial charge on any atom is -0.486 e. The fourth-order valence-corrected chi connectivity index (χ4v) is 3.15. The van der Waals surface area contributed by atoms with E-state index in [2.05, 4.69) is 5.32 Å². The Morgan fingerprint density at radius 3 is 2.85 bits per heavy atom. The topological polar surface area (TPSA) is 50.8 Å². The lowest BCUT2D eigenvalue weighted by molar-refractivity contribution is 0.0903. The largest absolute Gasteiger partial charge is 0.486 e. The third-order valence-corrected chi connectivity index (χ3v) is 4.29.